The maximum absolute atomic E-state index is 10.3. The molecule has 0 bridgehead atoms. The summed E-state index contributed by atoms with van der Waals surface area (Å²) < 4.78 is 0. The predicted octanol–water partition coefficient (Wildman–Crippen LogP) is 1.57. The molecule has 0 aliphatic heterocycles. The lowest BCUT2D eigenvalue weighted by atomic mass is 10.1. The summed E-state index contributed by atoms with van der Waals surface area (Å²) in [4.78, 5) is 6.58. The van der Waals surface area contributed by atoms with Crippen LogP contribution < -0.4 is 5.32 Å². The highest BCUT2D eigenvalue weighted by Gasteiger charge is 2.22. The van der Waals surface area contributed by atoms with Gasteiger partial charge in [0.1, 0.15) is 0 Å². The van der Waals surface area contributed by atoms with Gasteiger partial charge in [0.15, 0.2) is 0 Å². The van der Waals surface area contributed by atoms with Gasteiger partial charge in [0.05, 0.1) is 11.3 Å². The van der Waals surface area contributed by atoms with Crippen LogP contribution in [0.2, 0.25) is 0 Å². The fourth-order valence-electron chi connectivity index (χ4n) is 2.08. The zero-order chi connectivity index (χ0) is 14.5. The normalized spacial score (nSPS) is 14.9. The molecule has 108 valence electrons. The summed E-state index contributed by atoms with van der Waals surface area (Å²) in [5.41, 5.74) is 1.33. The summed E-state index contributed by atoms with van der Waals surface area (Å²) in [5, 5.41) is 13.6. The van der Waals surface area contributed by atoms with E-state index in [1.165, 1.54) is 0 Å². The van der Waals surface area contributed by atoms with Crippen molar-refractivity contribution in [1.82, 2.24) is 15.2 Å². The number of nitrogens with zero attached hydrogens (tertiary/aromatic N) is 2. The summed E-state index contributed by atoms with van der Waals surface area (Å²) in [6.07, 6.45) is 0. The molecule has 0 spiro atoms. The van der Waals surface area contributed by atoms with Crippen LogP contribution in [0, 0.1) is 6.92 Å². The molecule has 1 aromatic rings. The van der Waals surface area contributed by atoms with Crippen LogP contribution in [0.15, 0.2) is 18.2 Å². The highest BCUT2D eigenvalue weighted by molar-refractivity contribution is 5.09. The Hall–Kier alpha value is -0.970. The van der Waals surface area contributed by atoms with Crippen LogP contribution in [0.3, 0.4) is 0 Å². The lowest BCUT2D eigenvalue weighted by Gasteiger charge is -2.30. The van der Waals surface area contributed by atoms with E-state index in [2.05, 4.69) is 29.0 Å². The molecule has 4 nitrogen and oxygen atoms in total. The van der Waals surface area contributed by atoms with Gasteiger partial charge in [0.2, 0.25) is 0 Å². The Balaban J connectivity index is 2.47. The third-order valence-electron chi connectivity index (χ3n) is 2.88. The van der Waals surface area contributed by atoms with Gasteiger partial charge in [-0.1, -0.05) is 19.9 Å². The average molecular weight is 265 g/mol. The van der Waals surface area contributed by atoms with Gasteiger partial charge >= 0.3 is 0 Å². The highest BCUT2D eigenvalue weighted by atomic mass is 16.3. The number of aryl methyl sites for hydroxylation is 1. The number of aliphatic hydroxyl groups is 1. The van der Waals surface area contributed by atoms with Crippen molar-refractivity contribution in [3.05, 3.63) is 29.6 Å². The molecule has 0 amide bonds. The molecule has 0 saturated carbocycles. The molecule has 1 heterocycles. The third kappa shape index (κ3) is 6.66. The molecule has 0 fully saturated rings. The first-order valence-corrected chi connectivity index (χ1v) is 6.85. The largest absolute Gasteiger partial charge is 0.388 e. The lowest BCUT2D eigenvalue weighted by molar-refractivity contribution is 0.0237. The first-order valence-electron chi connectivity index (χ1n) is 6.85. The fourth-order valence-corrected chi connectivity index (χ4v) is 2.08. The Labute approximate surface area is 116 Å². The first kappa shape index (κ1) is 16.1. The number of hydrogen-bond acceptors (Lipinski definition) is 4. The topological polar surface area (TPSA) is 48.4 Å². The molecule has 0 radical (unpaired) electrons. The second-order valence-corrected chi connectivity index (χ2v) is 5.98. The molecule has 1 rings (SSSR count). The van der Waals surface area contributed by atoms with E-state index in [9.17, 15) is 5.11 Å². The van der Waals surface area contributed by atoms with E-state index in [1.807, 2.05) is 39.1 Å². The van der Waals surface area contributed by atoms with Gasteiger partial charge in [0, 0.05) is 31.4 Å². The minimum Gasteiger partial charge on any atom is -0.388 e. The van der Waals surface area contributed by atoms with E-state index in [4.69, 9.17) is 0 Å². The molecule has 19 heavy (non-hydrogen) atoms. The van der Waals surface area contributed by atoms with Crippen LogP contribution in [0.25, 0.3) is 0 Å². The summed E-state index contributed by atoms with van der Waals surface area (Å²) in [7, 11) is 2.01. The SMILES string of the molecule is Cc1cccc(CN(C)CC(C)(O)CNC(C)C)n1. The van der Waals surface area contributed by atoms with Gasteiger partial charge in [-0.05, 0) is 33.0 Å². The second-order valence-electron chi connectivity index (χ2n) is 5.98. The molecule has 2 N–H and O–H groups in total. The minimum absolute atomic E-state index is 0.384. The zero-order valence-corrected chi connectivity index (χ0v) is 12.8. The van der Waals surface area contributed by atoms with Gasteiger partial charge < -0.3 is 10.4 Å². The van der Waals surface area contributed by atoms with Crippen molar-refractivity contribution < 1.29 is 5.11 Å². The molecular weight excluding hydrogens is 238 g/mol. The molecule has 4 heteroatoms. The van der Waals surface area contributed by atoms with Crippen molar-refractivity contribution in [2.24, 2.45) is 0 Å². The summed E-state index contributed by atoms with van der Waals surface area (Å²) in [5.74, 6) is 0. The number of aromatic nitrogens is 1. The van der Waals surface area contributed by atoms with Crippen molar-refractivity contribution in [2.75, 3.05) is 20.1 Å². The van der Waals surface area contributed by atoms with Gasteiger partial charge in [0.25, 0.3) is 0 Å². The third-order valence-corrected chi connectivity index (χ3v) is 2.88. The lowest BCUT2D eigenvalue weighted by Crippen LogP contribution is -2.47. The van der Waals surface area contributed by atoms with E-state index in [0.717, 1.165) is 17.9 Å². The molecule has 0 aliphatic rings. The van der Waals surface area contributed by atoms with E-state index >= 15 is 0 Å². The van der Waals surface area contributed by atoms with Crippen molar-refractivity contribution in [1.29, 1.82) is 0 Å². The standard InChI is InChI=1S/C15H27N3O/c1-12(2)16-10-15(4,19)11-18(5)9-14-8-6-7-13(3)17-14/h6-8,12,16,19H,9-11H2,1-5H3. The number of nitrogens with one attached hydrogen (secondary N) is 1. The maximum Gasteiger partial charge on any atom is 0.0869 e. The van der Waals surface area contributed by atoms with Crippen LogP contribution in [-0.2, 0) is 6.54 Å². The molecule has 1 unspecified atom stereocenters. The summed E-state index contributed by atoms with van der Waals surface area (Å²) in [6, 6.07) is 6.41. The van der Waals surface area contributed by atoms with Gasteiger partial charge in [-0.15, -0.1) is 0 Å². The molecule has 0 aromatic carbocycles. The fraction of sp³-hybridized carbons (Fsp3) is 0.667. The highest BCUT2D eigenvalue weighted by Crippen LogP contribution is 2.08. The first-order chi connectivity index (χ1) is 8.78. The van der Waals surface area contributed by atoms with E-state index in [1.54, 1.807) is 0 Å². The average Bonchev–Trinajstić information content (AvgIpc) is 2.25. The van der Waals surface area contributed by atoms with E-state index in [-0.39, 0.29) is 0 Å². The monoisotopic (exact) mass is 265 g/mol. The van der Waals surface area contributed by atoms with Crippen LogP contribution >= 0.6 is 0 Å². The minimum atomic E-state index is -0.733. The quantitative estimate of drug-likeness (QED) is 0.786. The smallest absolute Gasteiger partial charge is 0.0869 e. The number of pyridine rings is 1. The summed E-state index contributed by atoms with van der Waals surface area (Å²) >= 11 is 0. The number of rotatable bonds is 7. The van der Waals surface area contributed by atoms with E-state index < -0.39 is 5.60 Å². The van der Waals surface area contributed by atoms with Crippen molar-refractivity contribution >= 4 is 0 Å². The maximum atomic E-state index is 10.3. The Morgan fingerprint density at radius 1 is 1.42 bits per heavy atom. The Kier molecular flexibility index (Phi) is 5.91. The number of hydrogen-bond donors (Lipinski definition) is 2. The van der Waals surface area contributed by atoms with Gasteiger partial charge in [-0.25, -0.2) is 0 Å². The molecular formula is C15H27N3O. The predicted molar refractivity (Wildman–Crippen MR) is 79.1 cm³/mol. The van der Waals surface area contributed by atoms with Crippen LogP contribution in [0.4, 0.5) is 0 Å². The summed E-state index contributed by atoms with van der Waals surface area (Å²) in [6.45, 7) is 9.97. The molecule has 1 aromatic heterocycles. The Morgan fingerprint density at radius 3 is 2.68 bits per heavy atom. The molecule has 0 saturated heterocycles. The van der Waals surface area contributed by atoms with Crippen molar-refractivity contribution in [3.8, 4) is 0 Å². The van der Waals surface area contributed by atoms with E-state index in [0.29, 0.717) is 19.1 Å². The van der Waals surface area contributed by atoms with Crippen LogP contribution in [0.5, 0.6) is 0 Å². The molecule has 1 atom stereocenters. The second kappa shape index (κ2) is 6.98. The Bertz CT molecular complexity index is 391. The van der Waals surface area contributed by atoms with Crippen LogP contribution in [0.1, 0.15) is 32.2 Å². The Morgan fingerprint density at radius 2 is 2.11 bits per heavy atom. The van der Waals surface area contributed by atoms with Gasteiger partial charge in [-0.2, -0.15) is 0 Å². The number of likely N-dealkylation sites (N-methyl/N-ethyl adjacent to an activating group) is 1. The van der Waals surface area contributed by atoms with Crippen LogP contribution in [-0.4, -0.2) is 46.8 Å². The van der Waals surface area contributed by atoms with Gasteiger partial charge in [-0.3, -0.25) is 9.88 Å². The van der Waals surface area contributed by atoms with Crippen molar-refractivity contribution in [2.45, 2.75) is 45.9 Å². The zero-order valence-electron chi connectivity index (χ0n) is 12.8. The molecule has 0 aliphatic carbocycles. The van der Waals surface area contributed by atoms with Crippen molar-refractivity contribution in [3.63, 3.8) is 0 Å².